The lowest BCUT2D eigenvalue weighted by Crippen LogP contribution is -2.18. The van der Waals surface area contributed by atoms with Gasteiger partial charge in [-0.2, -0.15) is 0 Å². The SMILES string of the molecule is COc1ccc(C23CNC=C2C3)cc1F. The number of hydrogen-bond acceptors (Lipinski definition) is 2. The highest BCUT2D eigenvalue weighted by atomic mass is 19.1. The Balaban J connectivity index is 2.01. The summed E-state index contributed by atoms with van der Waals surface area (Å²) in [4.78, 5) is 0. The Kier molecular flexibility index (Phi) is 1.61. The molecule has 1 N–H and O–H groups in total. The van der Waals surface area contributed by atoms with Crippen LogP contribution in [0.3, 0.4) is 0 Å². The van der Waals surface area contributed by atoms with Gasteiger partial charge in [0.25, 0.3) is 0 Å². The minimum Gasteiger partial charge on any atom is -0.494 e. The van der Waals surface area contributed by atoms with Crippen molar-refractivity contribution in [3.05, 3.63) is 41.4 Å². The number of ether oxygens (including phenoxy) is 1. The Morgan fingerprint density at radius 3 is 2.87 bits per heavy atom. The van der Waals surface area contributed by atoms with Gasteiger partial charge in [-0.25, -0.2) is 4.39 Å². The number of fused-ring (bicyclic) bond motifs is 1. The maximum atomic E-state index is 13.5. The van der Waals surface area contributed by atoms with Crippen LogP contribution in [0.4, 0.5) is 4.39 Å². The summed E-state index contributed by atoms with van der Waals surface area (Å²) in [5, 5.41) is 3.19. The van der Waals surface area contributed by atoms with E-state index >= 15 is 0 Å². The monoisotopic (exact) mass is 205 g/mol. The Morgan fingerprint density at radius 1 is 1.47 bits per heavy atom. The molecule has 0 radical (unpaired) electrons. The van der Waals surface area contributed by atoms with Crippen LogP contribution in [0.15, 0.2) is 30.0 Å². The Labute approximate surface area is 87.7 Å². The van der Waals surface area contributed by atoms with E-state index in [9.17, 15) is 4.39 Å². The fourth-order valence-electron chi connectivity index (χ4n) is 2.35. The number of benzene rings is 1. The van der Waals surface area contributed by atoms with E-state index in [1.807, 2.05) is 12.3 Å². The summed E-state index contributed by atoms with van der Waals surface area (Å²) in [5.74, 6) is 0.0369. The first-order chi connectivity index (χ1) is 7.26. The molecule has 2 aliphatic rings. The number of halogens is 1. The van der Waals surface area contributed by atoms with Crippen molar-refractivity contribution >= 4 is 0 Å². The molecule has 1 aromatic rings. The van der Waals surface area contributed by atoms with Crippen LogP contribution in [-0.2, 0) is 5.41 Å². The summed E-state index contributed by atoms with van der Waals surface area (Å²) in [5.41, 5.74) is 2.52. The first kappa shape index (κ1) is 8.77. The van der Waals surface area contributed by atoms with Crippen molar-refractivity contribution < 1.29 is 9.13 Å². The summed E-state index contributed by atoms with van der Waals surface area (Å²) in [6.45, 7) is 0.897. The summed E-state index contributed by atoms with van der Waals surface area (Å²) < 4.78 is 18.4. The molecule has 3 rings (SSSR count). The first-order valence-corrected chi connectivity index (χ1v) is 5.03. The average Bonchev–Trinajstić information content (AvgIpc) is 2.82. The molecule has 0 amide bonds. The van der Waals surface area contributed by atoms with Crippen LogP contribution in [-0.4, -0.2) is 13.7 Å². The van der Waals surface area contributed by atoms with E-state index in [1.165, 1.54) is 12.7 Å². The summed E-state index contributed by atoms with van der Waals surface area (Å²) in [7, 11) is 1.48. The molecule has 3 heteroatoms. The molecular formula is C12H12FNO. The van der Waals surface area contributed by atoms with Gasteiger partial charge in [0, 0.05) is 12.0 Å². The van der Waals surface area contributed by atoms with Gasteiger partial charge in [-0.3, -0.25) is 0 Å². The van der Waals surface area contributed by atoms with E-state index in [1.54, 1.807) is 12.1 Å². The van der Waals surface area contributed by atoms with Crippen LogP contribution in [0.1, 0.15) is 12.0 Å². The number of methoxy groups -OCH3 is 1. The van der Waals surface area contributed by atoms with E-state index in [4.69, 9.17) is 4.74 Å². The van der Waals surface area contributed by atoms with Crippen LogP contribution in [0.2, 0.25) is 0 Å². The topological polar surface area (TPSA) is 21.3 Å². The van der Waals surface area contributed by atoms with Crippen LogP contribution in [0.25, 0.3) is 0 Å². The molecule has 1 aliphatic heterocycles. The number of rotatable bonds is 2. The van der Waals surface area contributed by atoms with Gasteiger partial charge in [-0.15, -0.1) is 0 Å². The summed E-state index contributed by atoms with van der Waals surface area (Å²) in [6.07, 6.45) is 3.11. The predicted molar refractivity (Wildman–Crippen MR) is 55.3 cm³/mol. The van der Waals surface area contributed by atoms with Gasteiger partial charge < -0.3 is 10.1 Å². The molecule has 0 saturated heterocycles. The fraction of sp³-hybridized carbons (Fsp3) is 0.333. The molecule has 1 aromatic carbocycles. The van der Waals surface area contributed by atoms with Crippen LogP contribution in [0.5, 0.6) is 5.75 Å². The van der Waals surface area contributed by atoms with Gasteiger partial charge in [0.1, 0.15) is 0 Å². The van der Waals surface area contributed by atoms with Gasteiger partial charge >= 0.3 is 0 Å². The average molecular weight is 205 g/mol. The molecule has 1 heterocycles. The minimum atomic E-state index is -0.275. The maximum Gasteiger partial charge on any atom is 0.165 e. The summed E-state index contributed by atoms with van der Waals surface area (Å²) >= 11 is 0. The third-order valence-corrected chi connectivity index (χ3v) is 3.37. The molecule has 78 valence electrons. The highest BCUT2D eigenvalue weighted by molar-refractivity contribution is 5.54. The third-order valence-electron chi connectivity index (χ3n) is 3.37. The summed E-state index contributed by atoms with van der Waals surface area (Å²) in [6, 6.07) is 5.25. The van der Waals surface area contributed by atoms with Crippen molar-refractivity contribution in [2.24, 2.45) is 0 Å². The van der Waals surface area contributed by atoms with Crippen LogP contribution < -0.4 is 10.1 Å². The van der Waals surface area contributed by atoms with Gasteiger partial charge in [-0.05, 0) is 35.9 Å². The van der Waals surface area contributed by atoms with E-state index in [-0.39, 0.29) is 11.2 Å². The Hall–Kier alpha value is -1.51. The van der Waals surface area contributed by atoms with Crippen molar-refractivity contribution in [3.63, 3.8) is 0 Å². The smallest absolute Gasteiger partial charge is 0.165 e. The minimum absolute atomic E-state index is 0.0904. The first-order valence-electron chi connectivity index (χ1n) is 5.03. The highest BCUT2D eigenvalue weighted by Gasteiger charge is 2.52. The van der Waals surface area contributed by atoms with Gasteiger partial charge in [-0.1, -0.05) is 6.07 Å². The van der Waals surface area contributed by atoms with E-state index < -0.39 is 0 Å². The zero-order valence-electron chi connectivity index (χ0n) is 8.51. The van der Waals surface area contributed by atoms with Crippen molar-refractivity contribution in [1.82, 2.24) is 5.32 Å². The second-order valence-corrected chi connectivity index (χ2v) is 4.16. The van der Waals surface area contributed by atoms with Crippen molar-refractivity contribution in [1.29, 1.82) is 0 Å². The second-order valence-electron chi connectivity index (χ2n) is 4.16. The fourth-order valence-corrected chi connectivity index (χ4v) is 2.35. The van der Waals surface area contributed by atoms with Crippen LogP contribution >= 0.6 is 0 Å². The van der Waals surface area contributed by atoms with Gasteiger partial charge in [0.05, 0.1) is 7.11 Å². The van der Waals surface area contributed by atoms with Gasteiger partial charge in [0.15, 0.2) is 11.6 Å². The standard InChI is InChI=1S/C12H12FNO/c1-15-11-3-2-8(4-10(11)13)12-5-9(12)6-14-7-12/h2-4,6,14H,5,7H2,1H3. The molecule has 0 aromatic heterocycles. The molecule has 1 aliphatic carbocycles. The predicted octanol–water partition coefficient (Wildman–Crippen LogP) is 1.96. The molecule has 15 heavy (non-hydrogen) atoms. The lowest BCUT2D eigenvalue weighted by molar-refractivity contribution is 0.386. The van der Waals surface area contributed by atoms with E-state index in [0.717, 1.165) is 18.5 Å². The molecule has 1 atom stereocenters. The molecule has 1 fully saturated rings. The highest BCUT2D eigenvalue weighted by Crippen LogP contribution is 2.55. The lowest BCUT2D eigenvalue weighted by atomic mass is 9.96. The molecular weight excluding hydrogens is 193 g/mol. The molecule has 0 spiro atoms. The van der Waals surface area contributed by atoms with E-state index in [2.05, 4.69) is 5.32 Å². The number of hydrogen-bond donors (Lipinski definition) is 1. The Bertz CT molecular complexity index is 455. The third kappa shape index (κ3) is 1.09. The Morgan fingerprint density at radius 2 is 2.33 bits per heavy atom. The lowest BCUT2D eigenvalue weighted by Gasteiger charge is -2.12. The second kappa shape index (κ2) is 2.75. The molecule has 1 saturated carbocycles. The molecule has 2 nitrogen and oxygen atoms in total. The zero-order chi connectivity index (χ0) is 10.5. The van der Waals surface area contributed by atoms with Crippen molar-refractivity contribution in [2.45, 2.75) is 11.8 Å². The van der Waals surface area contributed by atoms with Crippen molar-refractivity contribution in [2.75, 3.05) is 13.7 Å². The van der Waals surface area contributed by atoms with Crippen LogP contribution in [0, 0.1) is 5.82 Å². The molecule has 0 bridgehead atoms. The number of nitrogens with one attached hydrogen (secondary N) is 1. The zero-order valence-corrected chi connectivity index (χ0v) is 8.51. The molecule has 1 unspecified atom stereocenters. The van der Waals surface area contributed by atoms with Crippen molar-refractivity contribution in [3.8, 4) is 5.75 Å². The quantitative estimate of drug-likeness (QED) is 0.797. The largest absolute Gasteiger partial charge is 0.494 e. The van der Waals surface area contributed by atoms with E-state index in [0.29, 0.717) is 5.75 Å². The normalized spacial score (nSPS) is 26.7. The maximum absolute atomic E-state index is 13.5. The van der Waals surface area contributed by atoms with Gasteiger partial charge in [0.2, 0.25) is 0 Å².